The lowest BCUT2D eigenvalue weighted by Gasteiger charge is -2.32. The van der Waals surface area contributed by atoms with Crippen LogP contribution in [-0.2, 0) is 14.8 Å². The van der Waals surface area contributed by atoms with E-state index in [4.69, 9.17) is 0 Å². The lowest BCUT2D eigenvalue weighted by molar-refractivity contribution is -0.127. The molecule has 2 heterocycles. The van der Waals surface area contributed by atoms with Gasteiger partial charge in [0.05, 0.1) is 5.92 Å². The first-order chi connectivity index (χ1) is 9.70. The maximum absolute atomic E-state index is 12.5. The zero-order valence-electron chi connectivity index (χ0n) is 12.6. The lowest BCUT2D eigenvalue weighted by atomic mass is 9.97. The number of nitrogens with zero attached hydrogens (tertiary/aromatic N) is 1. The highest BCUT2D eigenvalue weighted by molar-refractivity contribution is 7.91. The fourth-order valence-corrected chi connectivity index (χ4v) is 5.05. The Morgan fingerprint density at radius 3 is 2.71 bits per heavy atom. The number of thiophene rings is 1. The first-order valence-electron chi connectivity index (χ1n) is 7.06. The topological polar surface area (TPSA) is 66.5 Å². The minimum atomic E-state index is -3.46. The Morgan fingerprint density at radius 1 is 1.43 bits per heavy atom. The quantitative estimate of drug-likeness (QED) is 0.922. The molecular weight excluding hydrogens is 308 g/mol. The summed E-state index contributed by atoms with van der Waals surface area (Å²) in [6, 6.07) is 3.34. The third-order valence-corrected chi connectivity index (χ3v) is 6.58. The van der Waals surface area contributed by atoms with Gasteiger partial charge in [-0.05, 0) is 45.1 Å². The van der Waals surface area contributed by atoms with E-state index in [0.717, 1.165) is 6.42 Å². The number of carbonyl (C=O) groups excluding carboxylic acids is 1. The highest BCUT2D eigenvalue weighted by Crippen LogP contribution is 2.26. The summed E-state index contributed by atoms with van der Waals surface area (Å²) in [6.45, 7) is 6.53. The number of amides is 1. The molecule has 1 aromatic rings. The monoisotopic (exact) mass is 330 g/mol. The van der Waals surface area contributed by atoms with Crippen LogP contribution in [0.5, 0.6) is 0 Å². The molecular formula is C14H22N2O3S2. The van der Waals surface area contributed by atoms with Gasteiger partial charge in [-0.2, -0.15) is 4.31 Å². The normalized spacial score (nSPS) is 21.2. The van der Waals surface area contributed by atoms with Crippen molar-refractivity contribution in [2.45, 2.75) is 43.4 Å². The summed E-state index contributed by atoms with van der Waals surface area (Å²) in [5.74, 6) is -0.332. The maximum Gasteiger partial charge on any atom is 0.252 e. The minimum absolute atomic E-state index is 0.0615. The Balaban J connectivity index is 2.09. The first kappa shape index (κ1) is 16.5. The van der Waals surface area contributed by atoms with Crippen LogP contribution in [0.3, 0.4) is 0 Å². The molecule has 1 N–H and O–H groups in total. The zero-order valence-corrected chi connectivity index (χ0v) is 14.3. The van der Waals surface area contributed by atoms with Crippen LogP contribution in [-0.4, -0.2) is 37.3 Å². The van der Waals surface area contributed by atoms with Crippen molar-refractivity contribution in [3.05, 3.63) is 17.5 Å². The van der Waals surface area contributed by atoms with Gasteiger partial charge in [-0.1, -0.05) is 6.07 Å². The molecule has 1 unspecified atom stereocenters. The van der Waals surface area contributed by atoms with Gasteiger partial charge < -0.3 is 5.32 Å². The van der Waals surface area contributed by atoms with Gasteiger partial charge in [-0.15, -0.1) is 11.3 Å². The van der Waals surface area contributed by atoms with E-state index >= 15 is 0 Å². The Bertz CT molecular complexity index is 588. The second kappa shape index (κ2) is 6.06. The molecule has 1 aliphatic heterocycles. The second-order valence-corrected chi connectivity index (χ2v) is 9.49. The molecule has 5 nitrogen and oxygen atoms in total. The van der Waals surface area contributed by atoms with E-state index in [1.54, 1.807) is 17.5 Å². The van der Waals surface area contributed by atoms with Crippen LogP contribution in [0.15, 0.2) is 21.7 Å². The van der Waals surface area contributed by atoms with Crippen molar-refractivity contribution in [3.8, 4) is 0 Å². The van der Waals surface area contributed by atoms with E-state index < -0.39 is 10.0 Å². The Kier molecular flexibility index (Phi) is 4.75. The Labute approximate surface area is 130 Å². The van der Waals surface area contributed by atoms with Gasteiger partial charge in [-0.3, -0.25) is 4.79 Å². The van der Waals surface area contributed by atoms with Gasteiger partial charge in [0.15, 0.2) is 0 Å². The zero-order chi connectivity index (χ0) is 15.7. The molecule has 0 radical (unpaired) electrons. The Morgan fingerprint density at radius 2 is 2.14 bits per heavy atom. The standard InChI is InChI=1S/C14H22N2O3S2/c1-14(2,3)15-13(17)11-6-4-8-16(10-11)21(18,19)12-7-5-9-20-12/h5,7,9,11H,4,6,8,10H2,1-3H3,(H,15,17). The third-order valence-electron chi connectivity index (χ3n) is 3.34. The second-order valence-electron chi connectivity index (χ2n) is 6.37. The number of piperidine rings is 1. The molecule has 1 atom stereocenters. The van der Waals surface area contributed by atoms with Gasteiger partial charge in [-0.25, -0.2) is 8.42 Å². The van der Waals surface area contributed by atoms with Crippen LogP contribution in [0.25, 0.3) is 0 Å². The predicted octanol–water partition coefficient (Wildman–Crippen LogP) is 2.06. The van der Waals surface area contributed by atoms with Gasteiger partial charge in [0.1, 0.15) is 4.21 Å². The largest absolute Gasteiger partial charge is 0.351 e. The summed E-state index contributed by atoms with van der Waals surface area (Å²) >= 11 is 1.21. The molecule has 0 aromatic carbocycles. The van der Waals surface area contributed by atoms with Crippen LogP contribution in [0.2, 0.25) is 0 Å². The van der Waals surface area contributed by atoms with Gasteiger partial charge >= 0.3 is 0 Å². The van der Waals surface area contributed by atoms with Crippen LogP contribution in [0.4, 0.5) is 0 Å². The van der Waals surface area contributed by atoms with Gasteiger partial charge in [0, 0.05) is 18.6 Å². The molecule has 0 aliphatic carbocycles. The van der Waals surface area contributed by atoms with E-state index in [1.165, 1.54) is 15.6 Å². The molecule has 7 heteroatoms. The predicted molar refractivity (Wildman–Crippen MR) is 83.7 cm³/mol. The molecule has 0 spiro atoms. The molecule has 1 saturated heterocycles. The van der Waals surface area contributed by atoms with E-state index in [9.17, 15) is 13.2 Å². The highest BCUT2D eigenvalue weighted by atomic mass is 32.2. The molecule has 0 saturated carbocycles. The van der Waals surface area contributed by atoms with Crippen molar-refractivity contribution in [1.29, 1.82) is 0 Å². The summed E-state index contributed by atoms with van der Waals surface area (Å²) in [6.07, 6.45) is 1.45. The average Bonchev–Trinajstić information content (AvgIpc) is 2.91. The van der Waals surface area contributed by atoms with Crippen LogP contribution in [0.1, 0.15) is 33.6 Å². The van der Waals surface area contributed by atoms with E-state index in [2.05, 4.69) is 5.32 Å². The number of rotatable bonds is 3. The average molecular weight is 330 g/mol. The number of hydrogen-bond donors (Lipinski definition) is 1. The summed E-state index contributed by atoms with van der Waals surface area (Å²) in [7, 11) is -3.46. The van der Waals surface area contributed by atoms with Crippen molar-refractivity contribution < 1.29 is 13.2 Å². The van der Waals surface area contributed by atoms with E-state index in [-0.39, 0.29) is 23.9 Å². The summed E-state index contributed by atoms with van der Waals surface area (Å²) < 4.78 is 26.8. The molecule has 1 aromatic heterocycles. The van der Waals surface area contributed by atoms with Crippen LogP contribution in [0, 0.1) is 5.92 Å². The van der Waals surface area contributed by atoms with Crippen molar-refractivity contribution in [3.63, 3.8) is 0 Å². The molecule has 1 fully saturated rings. The minimum Gasteiger partial charge on any atom is -0.351 e. The SMILES string of the molecule is CC(C)(C)NC(=O)C1CCCN(S(=O)(=O)c2cccs2)C1. The Hall–Kier alpha value is -0.920. The first-order valence-corrected chi connectivity index (χ1v) is 9.38. The molecule has 21 heavy (non-hydrogen) atoms. The fourth-order valence-electron chi connectivity index (χ4n) is 2.38. The summed E-state index contributed by atoms with van der Waals surface area (Å²) in [5, 5.41) is 4.69. The van der Waals surface area contributed by atoms with Crippen molar-refractivity contribution in [2.75, 3.05) is 13.1 Å². The molecule has 2 rings (SSSR count). The fraction of sp³-hybridized carbons (Fsp3) is 0.643. The van der Waals surface area contributed by atoms with Crippen molar-refractivity contribution in [2.24, 2.45) is 5.92 Å². The van der Waals surface area contributed by atoms with Crippen LogP contribution < -0.4 is 5.32 Å². The number of carbonyl (C=O) groups is 1. The van der Waals surface area contributed by atoms with Crippen molar-refractivity contribution in [1.82, 2.24) is 9.62 Å². The summed E-state index contributed by atoms with van der Waals surface area (Å²) in [4.78, 5) is 12.2. The number of nitrogens with one attached hydrogen (secondary N) is 1. The van der Waals surface area contributed by atoms with E-state index in [1.807, 2.05) is 20.8 Å². The van der Waals surface area contributed by atoms with Gasteiger partial charge in [0.25, 0.3) is 10.0 Å². The van der Waals surface area contributed by atoms with Gasteiger partial charge in [0.2, 0.25) is 5.91 Å². The smallest absolute Gasteiger partial charge is 0.252 e. The van der Waals surface area contributed by atoms with E-state index in [0.29, 0.717) is 17.2 Å². The van der Waals surface area contributed by atoms with Crippen LogP contribution >= 0.6 is 11.3 Å². The highest BCUT2D eigenvalue weighted by Gasteiger charge is 2.34. The summed E-state index contributed by atoms with van der Waals surface area (Å²) in [5.41, 5.74) is -0.300. The lowest BCUT2D eigenvalue weighted by Crippen LogP contribution is -2.49. The number of hydrogen-bond acceptors (Lipinski definition) is 4. The molecule has 118 valence electrons. The third kappa shape index (κ3) is 4.05. The van der Waals surface area contributed by atoms with Crippen molar-refractivity contribution >= 4 is 27.3 Å². The molecule has 1 aliphatic rings. The molecule has 0 bridgehead atoms. The number of sulfonamides is 1. The maximum atomic E-state index is 12.5. The molecule has 1 amide bonds.